The van der Waals surface area contributed by atoms with Crippen molar-refractivity contribution in [3.05, 3.63) is 72.7 Å². The lowest BCUT2D eigenvalue weighted by Gasteiger charge is -2.06. The van der Waals surface area contributed by atoms with Crippen molar-refractivity contribution in [2.24, 2.45) is 0 Å². The molecule has 0 fully saturated rings. The Morgan fingerprint density at radius 1 is 0.905 bits per heavy atom. The molecule has 100 valence electrons. The molecule has 3 rings (SSSR count). The fraction of sp³-hybridized carbons (Fsp3) is 0. The third kappa shape index (κ3) is 3.04. The van der Waals surface area contributed by atoms with Gasteiger partial charge in [-0.15, -0.1) is 0 Å². The van der Waals surface area contributed by atoms with Gasteiger partial charge in [0.15, 0.2) is 0 Å². The molecule has 0 bridgehead atoms. The molecule has 0 aliphatic heterocycles. The van der Waals surface area contributed by atoms with E-state index >= 15 is 0 Å². The standard InChI is InChI=1S/C17H11N3O/c18-9-13-6-7-17(20-10-13)21-16-8-15(11-19-12-16)14-4-2-1-3-5-14/h1-8,10-12H. The van der Waals surface area contributed by atoms with Crippen molar-refractivity contribution in [3.8, 4) is 28.8 Å². The maximum Gasteiger partial charge on any atom is 0.219 e. The van der Waals surface area contributed by atoms with Crippen molar-refractivity contribution in [3.63, 3.8) is 0 Å². The Labute approximate surface area is 122 Å². The maximum absolute atomic E-state index is 8.74. The van der Waals surface area contributed by atoms with Gasteiger partial charge in [0, 0.05) is 24.0 Å². The zero-order valence-corrected chi connectivity index (χ0v) is 11.1. The summed E-state index contributed by atoms with van der Waals surface area (Å²) < 4.78 is 5.66. The van der Waals surface area contributed by atoms with E-state index in [4.69, 9.17) is 10.00 Å². The Morgan fingerprint density at radius 3 is 2.48 bits per heavy atom. The molecule has 0 aliphatic carbocycles. The molecule has 0 aliphatic rings. The van der Waals surface area contributed by atoms with Gasteiger partial charge in [-0.2, -0.15) is 5.26 Å². The van der Waals surface area contributed by atoms with Crippen LogP contribution in [0.3, 0.4) is 0 Å². The van der Waals surface area contributed by atoms with E-state index in [2.05, 4.69) is 9.97 Å². The molecule has 0 atom stereocenters. The molecule has 0 unspecified atom stereocenters. The first kappa shape index (κ1) is 12.8. The highest BCUT2D eigenvalue weighted by molar-refractivity contribution is 5.63. The van der Waals surface area contributed by atoms with Crippen molar-refractivity contribution in [1.82, 2.24) is 9.97 Å². The third-order valence-electron chi connectivity index (χ3n) is 2.91. The number of hydrogen-bond donors (Lipinski definition) is 0. The molecule has 2 aromatic heterocycles. The van der Waals surface area contributed by atoms with E-state index in [0.29, 0.717) is 17.2 Å². The van der Waals surface area contributed by atoms with Gasteiger partial charge < -0.3 is 4.74 Å². The van der Waals surface area contributed by atoms with Gasteiger partial charge in [-0.1, -0.05) is 30.3 Å². The number of nitriles is 1. The van der Waals surface area contributed by atoms with E-state index in [1.807, 2.05) is 42.5 Å². The van der Waals surface area contributed by atoms with E-state index in [1.165, 1.54) is 6.20 Å². The summed E-state index contributed by atoms with van der Waals surface area (Å²) in [5.74, 6) is 1.04. The Kier molecular flexibility index (Phi) is 3.57. The zero-order chi connectivity index (χ0) is 14.5. The predicted molar refractivity (Wildman–Crippen MR) is 78.7 cm³/mol. The highest BCUT2D eigenvalue weighted by Gasteiger charge is 2.03. The van der Waals surface area contributed by atoms with E-state index in [9.17, 15) is 0 Å². The van der Waals surface area contributed by atoms with Crippen LogP contribution in [-0.2, 0) is 0 Å². The second kappa shape index (κ2) is 5.85. The Morgan fingerprint density at radius 2 is 1.76 bits per heavy atom. The molecule has 1 aromatic carbocycles. The molecule has 0 saturated heterocycles. The fourth-order valence-electron chi connectivity index (χ4n) is 1.89. The van der Waals surface area contributed by atoms with E-state index in [1.54, 1.807) is 24.5 Å². The minimum Gasteiger partial charge on any atom is -0.437 e. The quantitative estimate of drug-likeness (QED) is 0.728. The molecule has 2 heterocycles. The maximum atomic E-state index is 8.74. The summed E-state index contributed by atoms with van der Waals surface area (Å²) in [6.45, 7) is 0. The summed E-state index contributed by atoms with van der Waals surface area (Å²) in [5, 5.41) is 8.74. The molecule has 0 spiro atoms. The first-order valence-corrected chi connectivity index (χ1v) is 6.39. The summed E-state index contributed by atoms with van der Waals surface area (Å²) >= 11 is 0. The second-order valence-electron chi connectivity index (χ2n) is 4.37. The van der Waals surface area contributed by atoms with Crippen LogP contribution in [0.15, 0.2) is 67.1 Å². The van der Waals surface area contributed by atoms with Gasteiger partial charge in [0.2, 0.25) is 5.88 Å². The minimum atomic E-state index is 0.431. The molecule has 0 radical (unpaired) electrons. The molecule has 0 saturated carbocycles. The number of pyridine rings is 2. The summed E-state index contributed by atoms with van der Waals surface area (Å²) in [5.41, 5.74) is 2.54. The van der Waals surface area contributed by atoms with Crippen molar-refractivity contribution < 1.29 is 4.74 Å². The number of benzene rings is 1. The van der Waals surface area contributed by atoms with Crippen molar-refractivity contribution in [1.29, 1.82) is 5.26 Å². The van der Waals surface area contributed by atoms with Crippen LogP contribution in [0, 0.1) is 11.3 Å². The monoisotopic (exact) mass is 273 g/mol. The number of aromatic nitrogens is 2. The largest absolute Gasteiger partial charge is 0.437 e. The Bertz CT molecular complexity index is 777. The van der Waals surface area contributed by atoms with Gasteiger partial charge in [-0.05, 0) is 17.7 Å². The molecule has 0 N–H and O–H groups in total. The third-order valence-corrected chi connectivity index (χ3v) is 2.91. The van der Waals surface area contributed by atoms with Crippen LogP contribution < -0.4 is 4.74 Å². The number of rotatable bonds is 3. The molecule has 4 nitrogen and oxygen atoms in total. The van der Waals surface area contributed by atoms with Crippen molar-refractivity contribution in [2.75, 3.05) is 0 Å². The fourth-order valence-corrected chi connectivity index (χ4v) is 1.89. The molecular formula is C17H11N3O. The molecule has 3 aromatic rings. The smallest absolute Gasteiger partial charge is 0.219 e. The summed E-state index contributed by atoms with van der Waals surface area (Å²) in [6, 6.07) is 17.2. The van der Waals surface area contributed by atoms with Crippen LogP contribution in [0.25, 0.3) is 11.1 Å². The topological polar surface area (TPSA) is 58.8 Å². The van der Waals surface area contributed by atoms with Gasteiger partial charge in [0.05, 0.1) is 11.8 Å². The van der Waals surface area contributed by atoms with Gasteiger partial charge in [-0.3, -0.25) is 4.98 Å². The molecular weight excluding hydrogens is 262 g/mol. The summed E-state index contributed by atoms with van der Waals surface area (Å²) in [6.07, 6.45) is 4.89. The number of hydrogen-bond acceptors (Lipinski definition) is 4. The first-order valence-electron chi connectivity index (χ1n) is 6.39. The van der Waals surface area contributed by atoms with Crippen LogP contribution in [0.1, 0.15) is 5.56 Å². The molecule has 4 heteroatoms. The van der Waals surface area contributed by atoms with Crippen LogP contribution in [0.5, 0.6) is 11.6 Å². The van der Waals surface area contributed by atoms with Gasteiger partial charge in [-0.25, -0.2) is 4.98 Å². The normalized spacial score (nSPS) is 9.86. The zero-order valence-electron chi connectivity index (χ0n) is 11.1. The summed E-state index contributed by atoms with van der Waals surface area (Å²) in [4.78, 5) is 8.26. The molecule has 21 heavy (non-hydrogen) atoms. The van der Waals surface area contributed by atoms with Gasteiger partial charge in [0.25, 0.3) is 0 Å². The van der Waals surface area contributed by atoms with Crippen LogP contribution >= 0.6 is 0 Å². The number of nitrogens with zero attached hydrogens (tertiary/aromatic N) is 3. The average molecular weight is 273 g/mol. The van der Waals surface area contributed by atoms with E-state index < -0.39 is 0 Å². The van der Waals surface area contributed by atoms with E-state index in [-0.39, 0.29) is 0 Å². The minimum absolute atomic E-state index is 0.431. The van der Waals surface area contributed by atoms with Crippen LogP contribution in [0.4, 0.5) is 0 Å². The van der Waals surface area contributed by atoms with Crippen molar-refractivity contribution in [2.45, 2.75) is 0 Å². The highest BCUT2D eigenvalue weighted by Crippen LogP contribution is 2.25. The Balaban J connectivity index is 1.85. The lowest BCUT2D eigenvalue weighted by molar-refractivity contribution is 0.461. The predicted octanol–water partition coefficient (Wildman–Crippen LogP) is 3.81. The SMILES string of the molecule is N#Cc1ccc(Oc2cncc(-c3ccccc3)c2)nc1. The lowest BCUT2D eigenvalue weighted by Crippen LogP contribution is -1.90. The lowest BCUT2D eigenvalue weighted by atomic mass is 10.1. The van der Waals surface area contributed by atoms with Crippen molar-refractivity contribution >= 4 is 0 Å². The second-order valence-corrected chi connectivity index (χ2v) is 4.37. The highest BCUT2D eigenvalue weighted by atomic mass is 16.5. The van der Waals surface area contributed by atoms with E-state index in [0.717, 1.165) is 11.1 Å². The summed E-state index contributed by atoms with van der Waals surface area (Å²) in [7, 11) is 0. The van der Waals surface area contributed by atoms with Crippen LogP contribution in [-0.4, -0.2) is 9.97 Å². The van der Waals surface area contributed by atoms with Gasteiger partial charge in [0.1, 0.15) is 11.8 Å². The number of ether oxygens (including phenoxy) is 1. The first-order chi connectivity index (χ1) is 10.3. The average Bonchev–Trinajstić information content (AvgIpc) is 2.57. The molecule has 0 amide bonds. The van der Waals surface area contributed by atoms with Gasteiger partial charge >= 0.3 is 0 Å². The van der Waals surface area contributed by atoms with Crippen LogP contribution in [0.2, 0.25) is 0 Å². The Hall–Kier alpha value is -3.19.